The minimum atomic E-state index is -0.644. The molecule has 2 aromatic heterocycles. The molecule has 1 unspecified atom stereocenters. The second-order valence-electron chi connectivity index (χ2n) is 13.5. The number of aromatic amines is 1. The van der Waals surface area contributed by atoms with Crippen molar-refractivity contribution in [3.8, 4) is 11.1 Å². The van der Waals surface area contributed by atoms with Crippen LogP contribution < -0.4 is 0 Å². The Kier molecular flexibility index (Phi) is 7.59. The molecule has 10 nitrogen and oxygen atoms in total. The number of carbonyl (C=O) groups excluding carboxylic acids is 2. The van der Waals surface area contributed by atoms with Crippen molar-refractivity contribution >= 4 is 34.8 Å². The number of aliphatic hydroxyl groups is 1. The highest BCUT2D eigenvalue weighted by Crippen LogP contribution is 2.39. The number of carbonyl (C=O) groups is 2. The van der Waals surface area contributed by atoms with Gasteiger partial charge in [-0.1, -0.05) is 17.7 Å². The van der Waals surface area contributed by atoms with Crippen molar-refractivity contribution in [2.75, 3.05) is 32.8 Å². The molecule has 0 spiro atoms. The Morgan fingerprint density at radius 2 is 1.98 bits per heavy atom. The molecule has 2 fully saturated rings. The molecular formula is C32H40ClN5O5. The van der Waals surface area contributed by atoms with Crippen molar-refractivity contribution in [2.45, 2.75) is 77.3 Å². The van der Waals surface area contributed by atoms with Gasteiger partial charge >= 0.3 is 12.1 Å². The van der Waals surface area contributed by atoms with Gasteiger partial charge in [-0.3, -0.25) is 4.90 Å². The maximum absolute atomic E-state index is 13.8. The summed E-state index contributed by atoms with van der Waals surface area (Å²) in [5, 5.41) is 11.8. The number of amides is 3. The molecule has 230 valence electrons. The Morgan fingerprint density at radius 1 is 1.19 bits per heavy atom. The van der Waals surface area contributed by atoms with Gasteiger partial charge in [0, 0.05) is 55.1 Å². The number of likely N-dealkylation sites (tertiary alicyclic amines) is 1. The fourth-order valence-corrected chi connectivity index (χ4v) is 6.77. The molecule has 3 aromatic rings. The topological polar surface area (TPSA) is 111 Å². The van der Waals surface area contributed by atoms with Gasteiger partial charge in [-0.25, -0.2) is 14.6 Å². The van der Waals surface area contributed by atoms with Crippen LogP contribution in [0.1, 0.15) is 63.8 Å². The van der Waals surface area contributed by atoms with E-state index in [1.54, 1.807) is 16.0 Å². The smallest absolute Gasteiger partial charge is 0.410 e. The highest BCUT2D eigenvalue weighted by Gasteiger charge is 2.43. The molecule has 6 rings (SSSR count). The molecule has 0 saturated carbocycles. The average Bonchev–Trinajstić information content (AvgIpc) is 3.47. The van der Waals surface area contributed by atoms with E-state index in [0.29, 0.717) is 62.9 Å². The largest absolute Gasteiger partial charge is 0.444 e. The Labute approximate surface area is 256 Å². The first-order valence-corrected chi connectivity index (χ1v) is 15.3. The summed E-state index contributed by atoms with van der Waals surface area (Å²) in [6.45, 7) is 12.0. The summed E-state index contributed by atoms with van der Waals surface area (Å²) < 4.78 is 11.7. The molecule has 5 heterocycles. The van der Waals surface area contributed by atoms with E-state index in [1.807, 2.05) is 51.8 Å². The van der Waals surface area contributed by atoms with Crippen LogP contribution in [0, 0.1) is 0 Å². The number of hydrogen-bond donors (Lipinski definition) is 2. The first-order chi connectivity index (χ1) is 20.3. The number of aromatic nitrogens is 2. The number of urea groups is 1. The summed E-state index contributed by atoms with van der Waals surface area (Å²) in [4.78, 5) is 40.3. The lowest BCUT2D eigenvalue weighted by molar-refractivity contribution is -0.0334. The quantitative estimate of drug-likeness (QED) is 0.396. The summed E-state index contributed by atoms with van der Waals surface area (Å²) in [5.74, 6) is 0. The first kappa shape index (κ1) is 29.7. The third kappa shape index (κ3) is 5.80. The minimum Gasteiger partial charge on any atom is -0.444 e. The van der Waals surface area contributed by atoms with Crippen LogP contribution in [-0.4, -0.2) is 92.0 Å². The first-order valence-electron chi connectivity index (χ1n) is 14.9. The summed E-state index contributed by atoms with van der Waals surface area (Å²) in [6, 6.07) is 5.80. The molecule has 2 N–H and O–H groups in total. The predicted octanol–water partition coefficient (Wildman–Crippen LogP) is 5.52. The van der Waals surface area contributed by atoms with Crippen LogP contribution in [-0.2, 0) is 22.4 Å². The Morgan fingerprint density at radius 3 is 2.70 bits per heavy atom. The van der Waals surface area contributed by atoms with E-state index in [9.17, 15) is 14.7 Å². The van der Waals surface area contributed by atoms with Gasteiger partial charge in [0.1, 0.15) is 11.2 Å². The summed E-state index contributed by atoms with van der Waals surface area (Å²) in [5.41, 5.74) is 4.56. The second-order valence-corrected chi connectivity index (χ2v) is 13.9. The lowest BCUT2D eigenvalue weighted by Crippen LogP contribution is -2.51. The predicted molar refractivity (Wildman–Crippen MR) is 164 cm³/mol. The molecule has 3 amide bonds. The molecule has 43 heavy (non-hydrogen) atoms. The number of pyridine rings is 1. The molecule has 1 aromatic carbocycles. The molecule has 2 atom stereocenters. The maximum Gasteiger partial charge on any atom is 0.410 e. The maximum atomic E-state index is 13.8. The van der Waals surface area contributed by atoms with Crippen LogP contribution in [0.5, 0.6) is 0 Å². The highest BCUT2D eigenvalue weighted by atomic mass is 35.5. The number of halogens is 1. The van der Waals surface area contributed by atoms with E-state index in [2.05, 4.69) is 22.1 Å². The van der Waals surface area contributed by atoms with Crippen LogP contribution >= 0.6 is 11.6 Å². The third-order valence-corrected chi connectivity index (χ3v) is 8.98. The SMILES string of the molecule is CC(C)(C)OC(=O)N1CCOC[C@H]1c1cc(-c2cnc3[nH]cc(Cl)c3c2)cc2c1CN(C(=O)N1CC(O)CC1(C)C)CC2. The van der Waals surface area contributed by atoms with Crippen molar-refractivity contribution in [1.29, 1.82) is 0 Å². The summed E-state index contributed by atoms with van der Waals surface area (Å²) in [7, 11) is 0. The van der Waals surface area contributed by atoms with Crippen LogP contribution in [0.15, 0.2) is 30.6 Å². The zero-order valence-corrected chi connectivity index (χ0v) is 26.2. The Bertz CT molecular complexity index is 1560. The van der Waals surface area contributed by atoms with Crippen molar-refractivity contribution in [3.05, 3.63) is 52.3 Å². The molecule has 0 aliphatic carbocycles. The number of nitrogens with zero attached hydrogens (tertiary/aromatic N) is 4. The standard InChI is InChI=1S/C32H40ClN5O5/c1-31(2,3)43-30(41)37-8-9-42-18-27(37)23-11-20(21-12-24-26(33)15-35-28(24)34-14-21)10-19-6-7-36(17-25(19)23)29(40)38-16-22(39)13-32(38,4)5/h10-12,14-15,22,27,39H,6-9,13,16-18H2,1-5H3,(H,34,35)/t22?,27-/m0/s1. The van der Waals surface area contributed by atoms with Crippen molar-refractivity contribution in [1.82, 2.24) is 24.7 Å². The van der Waals surface area contributed by atoms with Crippen molar-refractivity contribution < 1.29 is 24.2 Å². The van der Waals surface area contributed by atoms with Gasteiger partial charge in [0.25, 0.3) is 0 Å². The average molecular weight is 610 g/mol. The number of H-pyrrole nitrogens is 1. The number of β-amino-alcohol motifs (C(OH)–C–C–N with tert-alkyl or cyclic N) is 1. The Balaban J connectivity index is 1.42. The molecule has 11 heteroatoms. The number of aliphatic hydroxyl groups excluding tert-OH is 1. The van der Waals surface area contributed by atoms with E-state index in [1.165, 1.54) is 0 Å². The van der Waals surface area contributed by atoms with Gasteiger partial charge in [0.2, 0.25) is 0 Å². The van der Waals surface area contributed by atoms with Gasteiger partial charge in [0.15, 0.2) is 0 Å². The monoisotopic (exact) mass is 609 g/mol. The molecule has 3 aliphatic rings. The zero-order chi connectivity index (χ0) is 30.7. The molecule has 3 aliphatic heterocycles. The molecule has 0 bridgehead atoms. The van der Waals surface area contributed by atoms with Crippen LogP contribution in [0.4, 0.5) is 9.59 Å². The van der Waals surface area contributed by atoms with E-state index in [4.69, 9.17) is 21.1 Å². The fraction of sp³-hybridized carbons (Fsp3) is 0.531. The number of rotatable bonds is 2. The van der Waals surface area contributed by atoms with Crippen LogP contribution in [0.3, 0.4) is 0 Å². The van der Waals surface area contributed by atoms with Gasteiger partial charge in [-0.05, 0) is 81.8 Å². The number of ether oxygens (including phenoxy) is 2. The summed E-state index contributed by atoms with van der Waals surface area (Å²) in [6.07, 6.45) is 3.83. The van der Waals surface area contributed by atoms with Gasteiger partial charge in [-0.2, -0.15) is 0 Å². The molecule has 2 saturated heterocycles. The number of benzene rings is 1. The third-order valence-electron chi connectivity index (χ3n) is 8.67. The lowest BCUT2D eigenvalue weighted by atomic mass is 9.87. The van der Waals surface area contributed by atoms with Crippen LogP contribution in [0.2, 0.25) is 5.02 Å². The fourth-order valence-electron chi connectivity index (χ4n) is 6.57. The van der Waals surface area contributed by atoms with Crippen molar-refractivity contribution in [3.63, 3.8) is 0 Å². The number of morpholine rings is 1. The van der Waals surface area contributed by atoms with Gasteiger partial charge in [0.05, 0.1) is 30.4 Å². The van der Waals surface area contributed by atoms with E-state index in [0.717, 1.165) is 33.2 Å². The van der Waals surface area contributed by atoms with Crippen molar-refractivity contribution in [2.24, 2.45) is 0 Å². The van der Waals surface area contributed by atoms with Gasteiger partial charge < -0.3 is 29.4 Å². The number of fused-ring (bicyclic) bond motifs is 2. The lowest BCUT2D eigenvalue weighted by Gasteiger charge is -2.41. The molecule has 0 radical (unpaired) electrons. The summed E-state index contributed by atoms with van der Waals surface area (Å²) >= 11 is 6.43. The zero-order valence-electron chi connectivity index (χ0n) is 25.4. The molecular weight excluding hydrogens is 570 g/mol. The normalized spacial score (nSPS) is 22.2. The number of hydrogen-bond acceptors (Lipinski definition) is 6. The second kappa shape index (κ2) is 11.0. The minimum absolute atomic E-state index is 0.0807. The van der Waals surface area contributed by atoms with E-state index >= 15 is 0 Å². The Hall–Kier alpha value is -3.34. The number of nitrogens with one attached hydrogen (secondary N) is 1. The van der Waals surface area contributed by atoms with Gasteiger partial charge in [-0.15, -0.1) is 0 Å². The van der Waals surface area contributed by atoms with E-state index in [-0.39, 0.29) is 6.03 Å². The van der Waals surface area contributed by atoms with E-state index < -0.39 is 29.4 Å². The van der Waals surface area contributed by atoms with Crippen LogP contribution in [0.25, 0.3) is 22.2 Å². The highest BCUT2D eigenvalue weighted by molar-refractivity contribution is 6.35.